The van der Waals surface area contributed by atoms with Crippen molar-refractivity contribution in [1.29, 1.82) is 0 Å². The van der Waals surface area contributed by atoms with Crippen LogP contribution in [0.15, 0.2) is 47.4 Å². The molecule has 0 atom stereocenters. The maximum absolute atomic E-state index is 12.5. The van der Waals surface area contributed by atoms with Gasteiger partial charge in [-0.05, 0) is 61.6 Å². The predicted octanol–water partition coefficient (Wildman–Crippen LogP) is 4.73. The molecule has 0 aromatic heterocycles. The van der Waals surface area contributed by atoms with Crippen molar-refractivity contribution < 1.29 is 17.9 Å². The minimum absolute atomic E-state index is 0.0449. The van der Waals surface area contributed by atoms with Crippen molar-refractivity contribution >= 4 is 39.1 Å². The molecule has 1 aliphatic carbocycles. The van der Waals surface area contributed by atoms with Crippen LogP contribution in [0.25, 0.3) is 0 Å². The summed E-state index contributed by atoms with van der Waals surface area (Å²) >= 11 is 11.9. The first-order valence-corrected chi connectivity index (χ1v) is 13.0. The van der Waals surface area contributed by atoms with Crippen molar-refractivity contribution in [1.82, 2.24) is 10.0 Å². The number of ether oxygens (including phenoxy) is 1. The van der Waals surface area contributed by atoms with Crippen molar-refractivity contribution in [3.63, 3.8) is 0 Å². The second-order valence-corrected chi connectivity index (χ2v) is 10.4. The lowest BCUT2D eigenvalue weighted by Gasteiger charge is -2.13. The highest BCUT2D eigenvalue weighted by atomic mass is 35.5. The van der Waals surface area contributed by atoms with Crippen molar-refractivity contribution in [3.8, 4) is 5.75 Å². The molecule has 1 aliphatic rings. The summed E-state index contributed by atoms with van der Waals surface area (Å²) in [6.45, 7) is 0.856. The van der Waals surface area contributed by atoms with E-state index in [1.807, 2.05) is 0 Å². The van der Waals surface area contributed by atoms with Crippen LogP contribution in [0.1, 0.15) is 44.1 Å². The van der Waals surface area contributed by atoms with E-state index < -0.39 is 10.0 Å². The van der Waals surface area contributed by atoms with E-state index in [9.17, 15) is 13.2 Å². The third-order valence-electron chi connectivity index (χ3n) is 5.35. The number of hydrogen-bond acceptors (Lipinski definition) is 4. The molecule has 3 rings (SSSR count). The minimum atomic E-state index is -3.48. The number of halogens is 2. The second-order valence-electron chi connectivity index (χ2n) is 7.87. The maximum Gasteiger partial charge on any atom is 0.240 e. The van der Waals surface area contributed by atoms with Gasteiger partial charge in [-0.2, -0.15) is 0 Å². The van der Waals surface area contributed by atoms with Crippen molar-refractivity contribution in [2.24, 2.45) is 0 Å². The fraction of sp³-hybridized carbons (Fsp3) is 0.435. The van der Waals surface area contributed by atoms with E-state index in [1.54, 1.807) is 42.5 Å². The minimum Gasteiger partial charge on any atom is -0.492 e. The Bertz CT molecular complexity index is 1010. The van der Waals surface area contributed by atoms with E-state index in [1.165, 1.54) is 0 Å². The zero-order valence-corrected chi connectivity index (χ0v) is 20.1. The summed E-state index contributed by atoms with van der Waals surface area (Å²) in [5, 5.41) is 3.85. The second kappa shape index (κ2) is 11.9. The third-order valence-corrected chi connectivity index (χ3v) is 7.41. The van der Waals surface area contributed by atoms with E-state index in [0.717, 1.165) is 31.2 Å². The average molecular weight is 499 g/mol. The number of benzene rings is 2. The fourth-order valence-corrected chi connectivity index (χ4v) is 5.38. The van der Waals surface area contributed by atoms with Crippen LogP contribution in [0.2, 0.25) is 10.0 Å². The van der Waals surface area contributed by atoms with Gasteiger partial charge in [0.25, 0.3) is 0 Å². The van der Waals surface area contributed by atoms with Crippen LogP contribution < -0.4 is 14.8 Å². The molecule has 2 aromatic carbocycles. The van der Waals surface area contributed by atoms with Crippen LogP contribution in [0.3, 0.4) is 0 Å². The van der Waals surface area contributed by atoms with Gasteiger partial charge in [0.1, 0.15) is 5.75 Å². The van der Waals surface area contributed by atoms with Crippen LogP contribution in [-0.2, 0) is 21.2 Å². The smallest absolute Gasteiger partial charge is 0.240 e. The Kier molecular flexibility index (Phi) is 9.22. The zero-order valence-electron chi connectivity index (χ0n) is 17.8. The first-order chi connectivity index (χ1) is 15.3. The highest BCUT2D eigenvalue weighted by Crippen LogP contribution is 2.27. The summed E-state index contributed by atoms with van der Waals surface area (Å²) in [6, 6.07) is 11.9. The molecule has 1 amide bonds. The van der Waals surface area contributed by atoms with Gasteiger partial charge in [0.2, 0.25) is 15.9 Å². The molecule has 2 aromatic rings. The summed E-state index contributed by atoms with van der Waals surface area (Å²) in [5.74, 6) is 0.483. The van der Waals surface area contributed by atoms with Gasteiger partial charge >= 0.3 is 0 Å². The largest absolute Gasteiger partial charge is 0.492 e. The molecule has 32 heavy (non-hydrogen) atoms. The molecule has 0 bridgehead atoms. The Morgan fingerprint density at radius 3 is 2.47 bits per heavy atom. The van der Waals surface area contributed by atoms with Crippen LogP contribution in [-0.4, -0.2) is 33.5 Å². The molecule has 1 fully saturated rings. The van der Waals surface area contributed by atoms with Gasteiger partial charge in [-0.3, -0.25) is 4.79 Å². The molecule has 0 aliphatic heterocycles. The average Bonchev–Trinajstić information content (AvgIpc) is 3.25. The zero-order chi connectivity index (χ0) is 23.0. The van der Waals surface area contributed by atoms with Gasteiger partial charge in [-0.25, -0.2) is 13.1 Å². The first kappa shape index (κ1) is 24.8. The lowest BCUT2D eigenvalue weighted by atomic mass is 10.1. The number of sulfonamides is 1. The van der Waals surface area contributed by atoms with Crippen LogP contribution in [0, 0.1) is 0 Å². The predicted molar refractivity (Wildman–Crippen MR) is 127 cm³/mol. The summed E-state index contributed by atoms with van der Waals surface area (Å²) in [7, 11) is -3.48. The molecule has 6 nitrogen and oxygen atoms in total. The molecule has 0 saturated heterocycles. The number of carbonyl (C=O) groups is 1. The van der Waals surface area contributed by atoms with Gasteiger partial charge in [0.15, 0.2) is 0 Å². The maximum atomic E-state index is 12.5. The molecule has 0 spiro atoms. The van der Waals surface area contributed by atoms with Gasteiger partial charge in [0, 0.05) is 24.0 Å². The molecule has 9 heteroatoms. The number of rotatable bonds is 11. The normalized spacial score (nSPS) is 14.4. The first-order valence-electron chi connectivity index (χ1n) is 10.8. The summed E-state index contributed by atoms with van der Waals surface area (Å²) in [4.78, 5) is 12.3. The molecule has 0 radical (unpaired) electrons. The lowest BCUT2D eigenvalue weighted by molar-refractivity contribution is -0.121. The number of amides is 1. The molecule has 0 heterocycles. The van der Waals surface area contributed by atoms with Gasteiger partial charge in [-0.15, -0.1) is 0 Å². The molecular weight excluding hydrogens is 471 g/mol. The Hall–Kier alpha value is -1.80. The summed E-state index contributed by atoms with van der Waals surface area (Å²) in [6.07, 6.45) is 5.47. The van der Waals surface area contributed by atoms with E-state index in [-0.39, 0.29) is 16.8 Å². The lowest BCUT2D eigenvalue weighted by Crippen LogP contribution is -2.32. The van der Waals surface area contributed by atoms with Crippen molar-refractivity contribution in [2.75, 3.05) is 13.2 Å². The fourth-order valence-electron chi connectivity index (χ4n) is 3.61. The number of hydrogen-bond donors (Lipinski definition) is 2. The van der Waals surface area contributed by atoms with Crippen LogP contribution >= 0.6 is 23.2 Å². The highest BCUT2D eigenvalue weighted by Gasteiger charge is 2.22. The van der Waals surface area contributed by atoms with Crippen LogP contribution in [0.4, 0.5) is 0 Å². The van der Waals surface area contributed by atoms with E-state index in [2.05, 4.69) is 10.0 Å². The standard InChI is InChI=1S/C23H28Cl2N2O4S/c24-18-9-12-22(21(25)16-18)31-15-3-6-23(28)26-14-13-17-7-10-20(11-8-17)32(29,30)27-19-4-1-2-5-19/h7-12,16,19,27H,1-6,13-15H2,(H,26,28). The van der Waals surface area contributed by atoms with Gasteiger partial charge in [-0.1, -0.05) is 48.2 Å². The SMILES string of the molecule is O=C(CCCOc1ccc(Cl)cc1Cl)NCCc1ccc(S(=O)(=O)NC2CCCC2)cc1. The van der Waals surface area contributed by atoms with Crippen molar-refractivity contribution in [3.05, 3.63) is 58.1 Å². The number of nitrogens with one attached hydrogen (secondary N) is 2. The summed E-state index contributed by atoms with van der Waals surface area (Å²) < 4.78 is 33.3. The van der Waals surface area contributed by atoms with Gasteiger partial charge < -0.3 is 10.1 Å². The van der Waals surface area contributed by atoms with Crippen molar-refractivity contribution in [2.45, 2.75) is 55.9 Å². The molecular formula is C23H28Cl2N2O4S. The molecule has 0 unspecified atom stereocenters. The summed E-state index contributed by atoms with van der Waals surface area (Å²) in [5.41, 5.74) is 0.964. The molecule has 1 saturated carbocycles. The Balaban J connectivity index is 1.34. The molecule has 174 valence electrons. The monoisotopic (exact) mass is 498 g/mol. The highest BCUT2D eigenvalue weighted by molar-refractivity contribution is 7.89. The Labute approximate surface area is 199 Å². The van der Waals surface area contributed by atoms with Crippen LogP contribution in [0.5, 0.6) is 5.75 Å². The quantitative estimate of drug-likeness (QED) is 0.438. The topological polar surface area (TPSA) is 84.5 Å². The Morgan fingerprint density at radius 2 is 1.78 bits per heavy atom. The molecule has 2 N–H and O–H groups in total. The van der Waals surface area contributed by atoms with E-state index in [0.29, 0.717) is 48.2 Å². The Morgan fingerprint density at radius 1 is 1.06 bits per heavy atom. The van der Waals surface area contributed by atoms with E-state index >= 15 is 0 Å². The van der Waals surface area contributed by atoms with Gasteiger partial charge in [0.05, 0.1) is 16.5 Å². The third kappa shape index (κ3) is 7.66. The number of carbonyl (C=O) groups excluding carboxylic acids is 1. The van der Waals surface area contributed by atoms with E-state index in [4.69, 9.17) is 27.9 Å².